The highest BCUT2D eigenvalue weighted by molar-refractivity contribution is 7.86. The highest BCUT2D eigenvalue weighted by Gasteiger charge is 2.34. The molecule has 3 atom stereocenters. The highest BCUT2D eigenvalue weighted by Crippen LogP contribution is 2.31. The van der Waals surface area contributed by atoms with Crippen LogP contribution in [-0.4, -0.2) is 51.1 Å². The van der Waals surface area contributed by atoms with E-state index >= 15 is 0 Å². The lowest BCUT2D eigenvalue weighted by Crippen LogP contribution is -2.52. The molecule has 0 radical (unpaired) electrons. The van der Waals surface area contributed by atoms with Crippen LogP contribution in [0.2, 0.25) is 0 Å². The Hall–Kier alpha value is -2.99. The van der Waals surface area contributed by atoms with Gasteiger partial charge in [0.25, 0.3) is 10.1 Å². The van der Waals surface area contributed by atoms with Gasteiger partial charge in [-0.05, 0) is 49.6 Å². The Morgan fingerprint density at radius 2 is 1.97 bits per heavy atom. The number of anilines is 1. The molecule has 4 rings (SSSR count). The summed E-state index contributed by atoms with van der Waals surface area (Å²) < 4.78 is 35.8. The minimum absolute atomic E-state index is 0.131. The topological polar surface area (TPSA) is 92.5 Å². The van der Waals surface area contributed by atoms with Gasteiger partial charge in [0.2, 0.25) is 0 Å². The summed E-state index contributed by atoms with van der Waals surface area (Å²) >= 11 is 0. The third kappa shape index (κ3) is 5.69. The van der Waals surface area contributed by atoms with Gasteiger partial charge in [0.15, 0.2) is 0 Å². The normalized spacial score (nSPS) is 19.8. The molecule has 8 heteroatoms. The number of hydrogen-bond donors (Lipinski definition) is 0. The molecule has 1 fully saturated rings. The van der Waals surface area contributed by atoms with E-state index in [0.29, 0.717) is 37.0 Å². The van der Waals surface area contributed by atoms with Crippen molar-refractivity contribution in [2.45, 2.75) is 38.1 Å². The van der Waals surface area contributed by atoms with Crippen LogP contribution < -0.4 is 4.90 Å². The Bertz CT molecular complexity index is 1260. The van der Waals surface area contributed by atoms with Gasteiger partial charge < -0.3 is 9.64 Å². The fraction of sp³-hybridized carbons (Fsp3) is 0.360. The van der Waals surface area contributed by atoms with Crippen molar-refractivity contribution in [1.29, 1.82) is 5.26 Å². The van der Waals surface area contributed by atoms with Crippen LogP contribution in [-0.2, 0) is 25.5 Å². The van der Waals surface area contributed by atoms with Gasteiger partial charge >= 0.3 is 0 Å². The molecule has 172 valence electrons. The lowest BCUT2D eigenvalue weighted by Gasteiger charge is -2.41. The molecular weight excluding hydrogens is 438 g/mol. The van der Waals surface area contributed by atoms with Crippen LogP contribution in [0.1, 0.15) is 24.5 Å². The van der Waals surface area contributed by atoms with Crippen molar-refractivity contribution >= 4 is 26.7 Å². The average Bonchev–Trinajstić information content (AvgIpc) is 2.80. The first-order valence-electron chi connectivity index (χ1n) is 10.9. The van der Waals surface area contributed by atoms with Crippen molar-refractivity contribution in [3.8, 4) is 6.07 Å². The van der Waals surface area contributed by atoms with Gasteiger partial charge in [0, 0.05) is 30.4 Å². The number of hydrogen-bond acceptors (Lipinski definition) is 7. The summed E-state index contributed by atoms with van der Waals surface area (Å²) in [6.07, 6.45) is 2.76. The van der Waals surface area contributed by atoms with E-state index in [4.69, 9.17) is 8.92 Å². The SMILES string of the molecule is C[C@@H]1CN(c2ccc(C#N)c3ncccc23)C[C@H]([C@@H](CCc2ccccc2)OS(C)(=O)=O)O1. The molecular formula is C25H27N3O4S. The number of morpholine rings is 1. The predicted molar refractivity (Wildman–Crippen MR) is 127 cm³/mol. The zero-order chi connectivity index (χ0) is 23.4. The Morgan fingerprint density at radius 1 is 1.18 bits per heavy atom. The van der Waals surface area contributed by atoms with Crippen LogP contribution in [0, 0.1) is 11.3 Å². The molecule has 0 saturated carbocycles. The van der Waals surface area contributed by atoms with Crippen molar-refractivity contribution in [3.05, 3.63) is 71.9 Å². The Labute approximate surface area is 194 Å². The monoisotopic (exact) mass is 465 g/mol. The molecule has 0 aliphatic carbocycles. The maximum Gasteiger partial charge on any atom is 0.264 e. The number of fused-ring (bicyclic) bond motifs is 1. The van der Waals surface area contributed by atoms with Crippen LogP contribution in [0.5, 0.6) is 0 Å². The van der Waals surface area contributed by atoms with Crippen LogP contribution in [0.15, 0.2) is 60.8 Å². The van der Waals surface area contributed by atoms with Crippen LogP contribution >= 0.6 is 0 Å². The largest absolute Gasteiger partial charge is 0.369 e. The minimum atomic E-state index is -3.66. The van der Waals surface area contributed by atoms with Crippen molar-refractivity contribution < 1.29 is 17.3 Å². The molecule has 1 aliphatic heterocycles. The molecule has 0 bridgehead atoms. The number of ether oxygens (including phenoxy) is 1. The summed E-state index contributed by atoms with van der Waals surface area (Å²) in [4.78, 5) is 6.58. The summed E-state index contributed by atoms with van der Waals surface area (Å²) in [5.41, 5.74) is 3.23. The van der Waals surface area contributed by atoms with Crippen molar-refractivity contribution in [2.75, 3.05) is 24.2 Å². The summed E-state index contributed by atoms with van der Waals surface area (Å²) in [7, 11) is -3.66. The first-order valence-corrected chi connectivity index (χ1v) is 12.8. The maximum absolute atomic E-state index is 12.0. The predicted octanol–water partition coefficient (Wildman–Crippen LogP) is 3.68. The fourth-order valence-electron chi connectivity index (χ4n) is 4.39. The van der Waals surface area contributed by atoms with Gasteiger partial charge in [-0.1, -0.05) is 30.3 Å². The second-order valence-corrected chi connectivity index (χ2v) is 10.00. The second-order valence-electron chi connectivity index (χ2n) is 8.40. The third-order valence-corrected chi connectivity index (χ3v) is 6.36. The molecule has 1 aromatic heterocycles. The number of aryl methyl sites for hydroxylation is 1. The molecule has 0 spiro atoms. The number of rotatable bonds is 7. The lowest BCUT2D eigenvalue weighted by atomic mass is 10.0. The van der Waals surface area contributed by atoms with E-state index in [1.54, 1.807) is 12.3 Å². The molecule has 1 saturated heterocycles. The Morgan fingerprint density at radius 3 is 2.70 bits per heavy atom. The van der Waals surface area contributed by atoms with Gasteiger partial charge in [0.05, 0.1) is 23.4 Å². The smallest absolute Gasteiger partial charge is 0.264 e. The van der Waals surface area contributed by atoms with Gasteiger partial charge in [-0.2, -0.15) is 13.7 Å². The second kappa shape index (κ2) is 9.87. The van der Waals surface area contributed by atoms with E-state index in [1.807, 2.05) is 55.5 Å². The molecule has 0 N–H and O–H groups in total. The van der Waals surface area contributed by atoms with Gasteiger partial charge in [-0.3, -0.25) is 9.17 Å². The third-order valence-electron chi connectivity index (χ3n) is 5.77. The van der Waals surface area contributed by atoms with Crippen molar-refractivity contribution in [3.63, 3.8) is 0 Å². The fourth-order valence-corrected chi connectivity index (χ4v) is 5.06. The van der Waals surface area contributed by atoms with Crippen molar-refractivity contribution in [1.82, 2.24) is 4.98 Å². The quantitative estimate of drug-likeness (QED) is 0.492. The minimum Gasteiger partial charge on any atom is -0.369 e. The standard InChI is InChI=1S/C25H27N3O4S/c1-18-16-28(22-12-11-20(15-26)25-21(22)9-6-14-27-25)17-24(31-18)23(32-33(2,29)30)13-10-19-7-4-3-5-8-19/h3-9,11-12,14,18,23-24H,10,13,16-17H2,1-2H3/t18-,23-,24-/m1/s1. The number of nitrogens with zero attached hydrogens (tertiary/aromatic N) is 3. The van der Waals surface area contributed by atoms with Gasteiger partial charge in [0.1, 0.15) is 18.3 Å². The first kappa shape index (κ1) is 23.2. The molecule has 0 amide bonds. The van der Waals surface area contributed by atoms with Crippen molar-refractivity contribution in [2.24, 2.45) is 0 Å². The molecule has 3 aromatic rings. The molecule has 7 nitrogen and oxygen atoms in total. The number of nitriles is 1. The molecule has 2 heterocycles. The van der Waals surface area contributed by atoms with E-state index in [-0.39, 0.29) is 6.10 Å². The molecule has 1 aliphatic rings. The van der Waals surface area contributed by atoms with E-state index in [9.17, 15) is 13.7 Å². The van der Waals surface area contributed by atoms with E-state index < -0.39 is 22.3 Å². The first-order chi connectivity index (χ1) is 15.8. The summed E-state index contributed by atoms with van der Waals surface area (Å²) in [5.74, 6) is 0. The summed E-state index contributed by atoms with van der Waals surface area (Å²) in [5, 5.41) is 10.3. The summed E-state index contributed by atoms with van der Waals surface area (Å²) in [6, 6.07) is 19.6. The zero-order valence-corrected chi connectivity index (χ0v) is 19.5. The molecule has 2 aromatic carbocycles. The Balaban J connectivity index is 1.62. The highest BCUT2D eigenvalue weighted by atomic mass is 32.2. The zero-order valence-electron chi connectivity index (χ0n) is 18.7. The maximum atomic E-state index is 12.0. The number of pyridine rings is 1. The molecule has 33 heavy (non-hydrogen) atoms. The van der Waals surface area contributed by atoms with E-state index in [2.05, 4.69) is 16.0 Å². The summed E-state index contributed by atoms with van der Waals surface area (Å²) in [6.45, 7) is 3.07. The Kier molecular flexibility index (Phi) is 6.94. The van der Waals surface area contributed by atoms with Crippen LogP contribution in [0.25, 0.3) is 10.9 Å². The number of aromatic nitrogens is 1. The van der Waals surface area contributed by atoms with Crippen LogP contribution in [0.3, 0.4) is 0 Å². The van der Waals surface area contributed by atoms with E-state index in [0.717, 1.165) is 22.9 Å². The van der Waals surface area contributed by atoms with Gasteiger partial charge in [-0.25, -0.2) is 0 Å². The van der Waals surface area contributed by atoms with Crippen LogP contribution in [0.4, 0.5) is 5.69 Å². The van der Waals surface area contributed by atoms with E-state index in [1.165, 1.54) is 0 Å². The lowest BCUT2D eigenvalue weighted by molar-refractivity contribution is -0.0713. The number of benzene rings is 2. The molecule has 0 unspecified atom stereocenters. The van der Waals surface area contributed by atoms with Gasteiger partial charge in [-0.15, -0.1) is 0 Å². The average molecular weight is 466 g/mol.